The van der Waals surface area contributed by atoms with E-state index in [1.54, 1.807) is 20.4 Å². The lowest BCUT2D eigenvalue weighted by molar-refractivity contribution is 0.0376. The Bertz CT molecular complexity index is 577. The van der Waals surface area contributed by atoms with Crippen LogP contribution in [0.2, 0.25) is 0 Å². The molecule has 1 aliphatic heterocycles. The molecule has 1 heterocycles. The molecule has 8 heteroatoms. The maximum atomic E-state index is 5.33. The van der Waals surface area contributed by atoms with Gasteiger partial charge in [0.2, 0.25) is 0 Å². The molecule has 1 fully saturated rings. The molecule has 0 aromatic heterocycles. The molecule has 0 aliphatic carbocycles. The maximum Gasteiger partial charge on any atom is 0.186 e. The quantitative estimate of drug-likeness (QED) is 0.310. The van der Waals surface area contributed by atoms with E-state index in [1.807, 2.05) is 18.2 Å². The fourth-order valence-electron chi connectivity index (χ4n) is 2.47. The Balaban J connectivity index is 1.66. The van der Waals surface area contributed by atoms with Crippen molar-refractivity contribution in [3.8, 4) is 11.5 Å². The van der Waals surface area contributed by atoms with Crippen molar-refractivity contribution in [1.29, 1.82) is 0 Å². The van der Waals surface area contributed by atoms with E-state index in [-0.39, 0.29) is 0 Å². The van der Waals surface area contributed by atoms with E-state index in [0.717, 1.165) is 51.4 Å². The summed E-state index contributed by atoms with van der Waals surface area (Å²) < 4.78 is 15.8. The minimum Gasteiger partial charge on any atom is -0.493 e. The molecular weight excluding hydrogens is 340 g/mol. The second-order valence-corrected chi connectivity index (χ2v) is 5.96. The number of hydrogen-bond acceptors (Lipinski definition) is 6. The molecule has 138 valence electrons. The van der Waals surface area contributed by atoms with Crippen molar-refractivity contribution >= 4 is 23.5 Å². The molecule has 0 unspecified atom stereocenters. The zero-order valence-corrected chi connectivity index (χ0v) is 15.6. The summed E-state index contributed by atoms with van der Waals surface area (Å²) >= 11 is 5.21. The first kappa shape index (κ1) is 19.4. The molecule has 7 nitrogen and oxygen atoms in total. The minimum atomic E-state index is 0.513. The van der Waals surface area contributed by atoms with Gasteiger partial charge >= 0.3 is 0 Å². The predicted octanol–water partition coefficient (Wildman–Crippen LogP) is 1.22. The number of nitrogens with one attached hydrogen (secondary N) is 2. The molecule has 0 amide bonds. The lowest BCUT2D eigenvalue weighted by Crippen LogP contribution is -2.39. The Hall–Kier alpha value is -1.90. The summed E-state index contributed by atoms with van der Waals surface area (Å²) in [7, 11) is 3.21. The van der Waals surface area contributed by atoms with Crippen LogP contribution in [0.25, 0.3) is 0 Å². The van der Waals surface area contributed by atoms with Crippen LogP contribution >= 0.6 is 12.2 Å². The Labute approximate surface area is 154 Å². The first-order valence-electron chi connectivity index (χ1n) is 8.32. The number of rotatable bonds is 8. The first-order valence-corrected chi connectivity index (χ1v) is 8.73. The minimum absolute atomic E-state index is 0.513. The van der Waals surface area contributed by atoms with Gasteiger partial charge in [-0.15, -0.1) is 0 Å². The topological polar surface area (TPSA) is 67.4 Å². The largest absolute Gasteiger partial charge is 0.493 e. The molecule has 0 atom stereocenters. The summed E-state index contributed by atoms with van der Waals surface area (Å²) in [5.41, 5.74) is 3.71. The van der Waals surface area contributed by atoms with E-state index < -0.39 is 0 Å². The van der Waals surface area contributed by atoms with Gasteiger partial charge in [0.15, 0.2) is 16.6 Å². The number of morpholine rings is 1. The van der Waals surface area contributed by atoms with Gasteiger partial charge in [0.25, 0.3) is 0 Å². The number of thiocarbonyl (C=S) groups is 1. The van der Waals surface area contributed by atoms with Crippen LogP contribution in [0.15, 0.2) is 23.3 Å². The summed E-state index contributed by atoms with van der Waals surface area (Å²) in [5.74, 6) is 1.35. The Morgan fingerprint density at radius 1 is 1.28 bits per heavy atom. The summed E-state index contributed by atoms with van der Waals surface area (Å²) in [5, 5.41) is 7.80. The monoisotopic (exact) mass is 366 g/mol. The van der Waals surface area contributed by atoms with Gasteiger partial charge in [-0.25, -0.2) is 0 Å². The van der Waals surface area contributed by atoms with Gasteiger partial charge in [-0.2, -0.15) is 5.10 Å². The summed E-state index contributed by atoms with van der Waals surface area (Å²) in [6.07, 6.45) is 2.71. The Kier molecular flexibility index (Phi) is 8.44. The third kappa shape index (κ3) is 6.85. The lowest BCUT2D eigenvalue weighted by atomic mass is 10.2. The maximum absolute atomic E-state index is 5.33. The highest BCUT2D eigenvalue weighted by molar-refractivity contribution is 7.80. The number of nitrogens with zero attached hydrogens (tertiary/aromatic N) is 2. The van der Waals surface area contributed by atoms with Crippen LogP contribution in [0, 0.1) is 0 Å². The number of methoxy groups -OCH3 is 2. The van der Waals surface area contributed by atoms with Gasteiger partial charge in [0.1, 0.15) is 0 Å². The molecule has 0 bridgehead atoms. The van der Waals surface area contributed by atoms with Gasteiger partial charge in [0, 0.05) is 19.6 Å². The van der Waals surface area contributed by atoms with Gasteiger partial charge < -0.3 is 19.5 Å². The molecule has 1 aliphatic rings. The molecular formula is C17H26N4O3S. The number of hydrazone groups is 1. The molecule has 0 saturated carbocycles. The third-order valence-electron chi connectivity index (χ3n) is 3.83. The van der Waals surface area contributed by atoms with Crippen LogP contribution in [0.1, 0.15) is 12.0 Å². The summed E-state index contributed by atoms with van der Waals surface area (Å²) in [6.45, 7) is 5.55. The van der Waals surface area contributed by atoms with Crippen molar-refractivity contribution in [1.82, 2.24) is 15.6 Å². The van der Waals surface area contributed by atoms with E-state index >= 15 is 0 Å². The van der Waals surface area contributed by atoms with Crippen molar-refractivity contribution in [2.24, 2.45) is 5.10 Å². The van der Waals surface area contributed by atoms with E-state index in [2.05, 4.69) is 20.7 Å². The first-order chi connectivity index (χ1) is 12.2. The normalized spacial score (nSPS) is 15.1. The van der Waals surface area contributed by atoms with Crippen LogP contribution in [0.4, 0.5) is 0 Å². The average Bonchev–Trinajstić information content (AvgIpc) is 2.66. The van der Waals surface area contributed by atoms with Crippen LogP contribution in [0.5, 0.6) is 11.5 Å². The Morgan fingerprint density at radius 2 is 2.04 bits per heavy atom. The molecule has 2 rings (SSSR count). The van der Waals surface area contributed by atoms with Gasteiger partial charge in [0.05, 0.1) is 33.6 Å². The number of ether oxygens (including phenoxy) is 3. The highest BCUT2D eigenvalue weighted by atomic mass is 32.1. The zero-order chi connectivity index (χ0) is 17.9. The number of hydrogen-bond donors (Lipinski definition) is 2. The van der Waals surface area contributed by atoms with E-state index in [4.69, 9.17) is 26.4 Å². The van der Waals surface area contributed by atoms with Gasteiger partial charge in [-0.05, 0) is 48.9 Å². The molecule has 1 aromatic carbocycles. The van der Waals surface area contributed by atoms with Crippen molar-refractivity contribution in [2.75, 3.05) is 53.6 Å². The summed E-state index contributed by atoms with van der Waals surface area (Å²) in [4.78, 5) is 2.40. The average molecular weight is 366 g/mol. The fraction of sp³-hybridized carbons (Fsp3) is 0.529. The van der Waals surface area contributed by atoms with Crippen molar-refractivity contribution in [3.05, 3.63) is 23.8 Å². The van der Waals surface area contributed by atoms with Crippen molar-refractivity contribution < 1.29 is 14.2 Å². The smallest absolute Gasteiger partial charge is 0.186 e. The highest BCUT2D eigenvalue weighted by Crippen LogP contribution is 2.26. The molecule has 0 radical (unpaired) electrons. The van der Waals surface area contributed by atoms with Gasteiger partial charge in [-0.3, -0.25) is 10.3 Å². The molecule has 1 aromatic rings. The van der Waals surface area contributed by atoms with Crippen molar-refractivity contribution in [2.45, 2.75) is 6.42 Å². The third-order valence-corrected chi connectivity index (χ3v) is 4.06. The van der Waals surface area contributed by atoms with Gasteiger partial charge in [-0.1, -0.05) is 0 Å². The second kappa shape index (κ2) is 10.9. The fourth-order valence-corrected chi connectivity index (χ4v) is 2.62. The van der Waals surface area contributed by atoms with Crippen LogP contribution in [-0.2, 0) is 4.74 Å². The second-order valence-electron chi connectivity index (χ2n) is 5.55. The zero-order valence-electron chi connectivity index (χ0n) is 14.8. The van der Waals surface area contributed by atoms with Crippen LogP contribution < -0.4 is 20.2 Å². The van der Waals surface area contributed by atoms with Crippen molar-refractivity contribution in [3.63, 3.8) is 0 Å². The van der Waals surface area contributed by atoms with Crippen LogP contribution in [-0.4, -0.2) is 69.8 Å². The van der Waals surface area contributed by atoms with E-state index in [0.29, 0.717) is 16.6 Å². The lowest BCUT2D eigenvalue weighted by Gasteiger charge is -2.26. The molecule has 2 N–H and O–H groups in total. The summed E-state index contributed by atoms with van der Waals surface area (Å²) in [6, 6.07) is 5.58. The molecule has 0 spiro atoms. The predicted molar refractivity (Wildman–Crippen MR) is 103 cm³/mol. The standard InChI is InChI=1S/C17H26N4O3S/c1-22-15-5-4-14(12-16(15)23-2)13-19-20-17(25)18-6-3-7-21-8-10-24-11-9-21/h4-5,12-13H,3,6-11H2,1-2H3,(H2,18,20,25)/b19-13-. The van der Waals surface area contributed by atoms with E-state index in [9.17, 15) is 0 Å². The highest BCUT2D eigenvalue weighted by Gasteiger charge is 2.09. The van der Waals surface area contributed by atoms with E-state index in [1.165, 1.54) is 0 Å². The molecule has 1 saturated heterocycles. The number of benzene rings is 1. The van der Waals surface area contributed by atoms with Crippen LogP contribution in [0.3, 0.4) is 0 Å². The molecule has 25 heavy (non-hydrogen) atoms. The Morgan fingerprint density at radius 3 is 2.76 bits per heavy atom. The SMILES string of the molecule is COc1ccc(/C=N\NC(=S)NCCCN2CCOCC2)cc1OC.